The van der Waals surface area contributed by atoms with E-state index in [2.05, 4.69) is 17.0 Å². The summed E-state index contributed by atoms with van der Waals surface area (Å²) in [5, 5.41) is 14.6. The fraction of sp³-hybridized carbons (Fsp3) is 0.235. The Morgan fingerprint density at radius 3 is 2.65 bits per heavy atom. The molecule has 0 unspecified atom stereocenters. The highest BCUT2D eigenvalue weighted by atomic mass is 32.1. The number of nitrogens with zero attached hydrogens (tertiary/aromatic N) is 3. The van der Waals surface area contributed by atoms with E-state index in [9.17, 15) is 9.90 Å². The number of aromatic nitrogens is 2. The van der Waals surface area contributed by atoms with Gasteiger partial charge in [0.2, 0.25) is 0 Å². The molecule has 0 aliphatic heterocycles. The number of fused-ring (bicyclic) bond motifs is 1. The van der Waals surface area contributed by atoms with E-state index in [4.69, 9.17) is 0 Å². The van der Waals surface area contributed by atoms with Crippen molar-refractivity contribution in [3.05, 3.63) is 56.4 Å². The second-order valence-corrected chi connectivity index (χ2v) is 6.54. The van der Waals surface area contributed by atoms with Crippen molar-refractivity contribution in [2.24, 2.45) is 5.10 Å². The molecule has 0 spiro atoms. The molecule has 0 aliphatic carbocycles. The third-order valence-corrected chi connectivity index (χ3v) is 4.87. The molecule has 0 radical (unpaired) electrons. The summed E-state index contributed by atoms with van der Waals surface area (Å²) >= 11 is 1.54. The maximum absolute atomic E-state index is 12.4. The Balaban J connectivity index is 2.01. The minimum Gasteiger partial charge on any atom is -0.507 e. The highest BCUT2D eigenvalue weighted by Crippen LogP contribution is 2.22. The van der Waals surface area contributed by atoms with Gasteiger partial charge in [-0.1, -0.05) is 6.92 Å². The van der Waals surface area contributed by atoms with Crippen LogP contribution in [0.1, 0.15) is 28.5 Å². The number of benzene rings is 1. The molecular formula is C17H17N3O2S. The zero-order valence-electron chi connectivity index (χ0n) is 13.2. The molecule has 2 heterocycles. The first-order chi connectivity index (χ1) is 11.0. The number of aryl methyl sites for hydroxylation is 3. The highest BCUT2D eigenvalue weighted by Gasteiger charge is 2.08. The predicted octanol–water partition coefficient (Wildman–Crippen LogP) is 3.23. The van der Waals surface area contributed by atoms with Gasteiger partial charge in [0.1, 0.15) is 16.9 Å². The molecular weight excluding hydrogens is 310 g/mol. The summed E-state index contributed by atoms with van der Waals surface area (Å²) in [6.07, 6.45) is 3.93. The lowest BCUT2D eigenvalue weighted by molar-refractivity contribution is 0.467. The number of phenols is 1. The summed E-state index contributed by atoms with van der Waals surface area (Å²) in [5.74, 6) is 0.285. The molecule has 3 aromatic rings. The van der Waals surface area contributed by atoms with Crippen LogP contribution >= 0.6 is 11.3 Å². The third-order valence-electron chi connectivity index (χ3n) is 3.68. The van der Waals surface area contributed by atoms with Crippen LogP contribution in [0, 0.1) is 13.8 Å². The Bertz CT molecular complexity index is 947. The maximum Gasteiger partial charge on any atom is 0.282 e. The summed E-state index contributed by atoms with van der Waals surface area (Å²) in [4.78, 5) is 18.6. The van der Waals surface area contributed by atoms with Crippen molar-refractivity contribution in [3.8, 4) is 5.75 Å². The van der Waals surface area contributed by atoms with Crippen LogP contribution in [0.3, 0.4) is 0 Å². The molecule has 0 fully saturated rings. The molecule has 2 aromatic heterocycles. The number of phenolic OH excluding ortho intramolecular Hbond substituents is 1. The molecule has 1 N–H and O–H groups in total. The second kappa shape index (κ2) is 5.96. The lowest BCUT2D eigenvalue weighted by Crippen LogP contribution is -2.16. The molecule has 0 saturated carbocycles. The van der Waals surface area contributed by atoms with Crippen LogP contribution < -0.4 is 5.56 Å². The molecule has 6 heteroatoms. The summed E-state index contributed by atoms with van der Waals surface area (Å²) in [7, 11) is 0. The van der Waals surface area contributed by atoms with E-state index >= 15 is 0 Å². The molecule has 0 amide bonds. The van der Waals surface area contributed by atoms with Gasteiger partial charge >= 0.3 is 0 Å². The average Bonchev–Trinajstić information content (AvgIpc) is 2.96. The van der Waals surface area contributed by atoms with E-state index in [1.807, 2.05) is 32.0 Å². The average molecular weight is 327 g/mol. The zero-order valence-corrected chi connectivity index (χ0v) is 14.0. The van der Waals surface area contributed by atoms with Gasteiger partial charge in [-0.3, -0.25) is 4.79 Å². The van der Waals surface area contributed by atoms with Crippen molar-refractivity contribution < 1.29 is 5.11 Å². The molecule has 0 aliphatic rings. The summed E-state index contributed by atoms with van der Waals surface area (Å²) in [6.45, 7) is 5.71. The van der Waals surface area contributed by atoms with Gasteiger partial charge < -0.3 is 5.11 Å². The largest absolute Gasteiger partial charge is 0.507 e. The normalized spacial score (nSPS) is 11.6. The van der Waals surface area contributed by atoms with Crippen LogP contribution in [-0.4, -0.2) is 21.0 Å². The first-order valence-corrected chi connectivity index (χ1v) is 8.16. The van der Waals surface area contributed by atoms with Gasteiger partial charge in [0.05, 0.1) is 11.6 Å². The summed E-state index contributed by atoms with van der Waals surface area (Å²) < 4.78 is 1.24. The topological polar surface area (TPSA) is 67.5 Å². The smallest absolute Gasteiger partial charge is 0.282 e. The number of hydrogen-bond acceptors (Lipinski definition) is 5. The monoisotopic (exact) mass is 327 g/mol. The van der Waals surface area contributed by atoms with E-state index in [1.54, 1.807) is 6.21 Å². The molecule has 118 valence electrons. The second-order valence-electron chi connectivity index (χ2n) is 5.43. The van der Waals surface area contributed by atoms with E-state index < -0.39 is 0 Å². The van der Waals surface area contributed by atoms with Crippen LogP contribution in [0.25, 0.3) is 10.2 Å². The van der Waals surface area contributed by atoms with Crippen LogP contribution in [0.15, 0.2) is 34.4 Å². The van der Waals surface area contributed by atoms with Crippen LogP contribution in [0.2, 0.25) is 0 Å². The molecule has 0 saturated heterocycles. The Morgan fingerprint density at radius 1 is 1.30 bits per heavy atom. The van der Waals surface area contributed by atoms with Gasteiger partial charge in [0.25, 0.3) is 5.56 Å². The maximum atomic E-state index is 12.4. The molecule has 1 aromatic carbocycles. The van der Waals surface area contributed by atoms with Gasteiger partial charge in [-0.2, -0.15) is 9.78 Å². The first-order valence-electron chi connectivity index (χ1n) is 7.34. The van der Waals surface area contributed by atoms with Crippen molar-refractivity contribution in [1.82, 2.24) is 9.66 Å². The third kappa shape index (κ3) is 2.90. The molecule has 0 atom stereocenters. The number of rotatable bonds is 3. The van der Waals surface area contributed by atoms with Crippen molar-refractivity contribution in [2.45, 2.75) is 27.2 Å². The van der Waals surface area contributed by atoms with E-state index in [-0.39, 0.29) is 11.3 Å². The molecule has 0 bridgehead atoms. The van der Waals surface area contributed by atoms with E-state index in [0.717, 1.165) is 32.8 Å². The Hall–Kier alpha value is -2.47. The summed E-state index contributed by atoms with van der Waals surface area (Å²) in [5.41, 5.74) is 2.20. The van der Waals surface area contributed by atoms with Crippen LogP contribution in [0.4, 0.5) is 0 Å². The van der Waals surface area contributed by atoms with Gasteiger partial charge in [0, 0.05) is 4.88 Å². The van der Waals surface area contributed by atoms with Gasteiger partial charge in [-0.05, 0) is 55.2 Å². The van der Waals surface area contributed by atoms with Crippen LogP contribution in [0.5, 0.6) is 5.75 Å². The van der Waals surface area contributed by atoms with Crippen LogP contribution in [-0.2, 0) is 6.42 Å². The summed E-state index contributed by atoms with van der Waals surface area (Å²) in [6, 6.07) is 5.53. The number of thiophene rings is 1. The van der Waals surface area contributed by atoms with Gasteiger partial charge in [0.15, 0.2) is 0 Å². The van der Waals surface area contributed by atoms with Crippen molar-refractivity contribution in [1.29, 1.82) is 0 Å². The zero-order chi connectivity index (χ0) is 16.6. The molecule has 5 nitrogen and oxygen atoms in total. The minimum atomic E-state index is -0.172. The van der Waals surface area contributed by atoms with Gasteiger partial charge in [-0.15, -0.1) is 11.3 Å². The van der Waals surface area contributed by atoms with E-state index in [0.29, 0.717) is 5.39 Å². The molecule has 23 heavy (non-hydrogen) atoms. The SMILES string of the molecule is CCc1cc2c(=O)n(/N=C/c3cc(C)c(O)c(C)c3)cnc2s1. The fourth-order valence-electron chi connectivity index (χ4n) is 2.41. The Labute approximate surface area is 137 Å². The lowest BCUT2D eigenvalue weighted by Gasteiger charge is -2.04. The highest BCUT2D eigenvalue weighted by molar-refractivity contribution is 7.18. The Kier molecular flexibility index (Phi) is 4.00. The standard InChI is InChI=1S/C17H17N3O2S/c1-4-13-7-14-16(23-13)18-9-20(17(14)22)19-8-12-5-10(2)15(21)11(3)6-12/h5-9,21H,4H2,1-3H3/b19-8+. The van der Waals surface area contributed by atoms with E-state index in [1.165, 1.54) is 22.3 Å². The minimum absolute atomic E-state index is 0.172. The lowest BCUT2D eigenvalue weighted by atomic mass is 10.1. The molecule has 3 rings (SSSR count). The number of aromatic hydroxyl groups is 1. The van der Waals surface area contributed by atoms with Crippen molar-refractivity contribution >= 4 is 27.8 Å². The van der Waals surface area contributed by atoms with Crippen molar-refractivity contribution in [2.75, 3.05) is 0 Å². The first kappa shape index (κ1) is 15.4. The Morgan fingerprint density at radius 2 is 2.00 bits per heavy atom. The van der Waals surface area contributed by atoms with Gasteiger partial charge in [-0.25, -0.2) is 4.98 Å². The predicted molar refractivity (Wildman–Crippen MR) is 93.8 cm³/mol. The number of hydrogen-bond donors (Lipinski definition) is 1. The van der Waals surface area contributed by atoms with Crippen molar-refractivity contribution in [3.63, 3.8) is 0 Å². The quantitative estimate of drug-likeness (QED) is 0.751. The fourth-order valence-corrected chi connectivity index (χ4v) is 3.34.